The largest absolute Gasteiger partial charge is 0.482 e. The first-order valence-corrected chi connectivity index (χ1v) is 8.58. The van der Waals surface area contributed by atoms with Crippen molar-refractivity contribution in [2.24, 2.45) is 0 Å². The molecule has 0 unspecified atom stereocenters. The number of likely N-dealkylation sites (tertiary alicyclic amines) is 1. The van der Waals surface area contributed by atoms with E-state index in [0.717, 1.165) is 5.56 Å². The standard InChI is InChI=1S/C18H18ClF2NO4/c1-10-11(2)17(24)26-14-8-15(13(19)7-12(10)14)25-9-16(23)22-5-3-18(20,21)4-6-22/h7-8H,3-6,9H2,1-2H3. The lowest BCUT2D eigenvalue weighted by molar-refractivity contribution is -0.139. The SMILES string of the molecule is Cc1c(C)c2cc(Cl)c(OCC(=O)N3CCC(F)(F)CC3)cc2oc1=O. The molecule has 0 saturated carbocycles. The summed E-state index contributed by atoms with van der Waals surface area (Å²) < 4.78 is 37.0. The summed E-state index contributed by atoms with van der Waals surface area (Å²) in [6.07, 6.45) is -0.696. The molecule has 0 atom stereocenters. The van der Waals surface area contributed by atoms with E-state index < -0.39 is 17.5 Å². The molecule has 8 heteroatoms. The number of alkyl halides is 2. The van der Waals surface area contributed by atoms with Crippen LogP contribution < -0.4 is 10.4 Å². The van der Waals surface area contributed by atoms with Crippen LogP contribution in [0.3, 0.4) is 0 Å². The zero-order valence-corrected chi connectivity index (χ0v) is 15.2. The van der Waals surface area contributed by atoms with Crippen LogP contribution in [0.5, 0.6) is 5.75 Å². The number of benzene rings is 1. The zero-order valence-electron chi connectivity index (χ0n) is 14.4. The van der Waals surface area contributed by atoms with Crippen molar-refractivity contribution in [3.63, 3.8) is 0 Å². The Balaban J connectivity index is 1.75. The second kappa shape index (κ2) is 6.87. The van der Waals surface area contributed by atoms with Gasteiger partial charge in [0.25, 0.3) is 11.8 Å². The van der Waals surface area contributed by atoms with Gasteiger partial charge in [0.2, 0.25) is 0 Å². The molecule has 1 aliphatic rings. The highest BCUT2D eigenvalue weighted by atomic mass is 35.5. The molecule has 2 heterocycles. The van der Waals surface area contributed by atoms with Crippen molar-refractivity contribution in [2.45, 2.75) is 32.6 Å². The number of nitrogens with zero attached hydrogens (tertiary/aromatic N) is 1. The van der Waals surface area contributed by atoms with Crippen molar-refractivity contribution in [2.75, 3.05) is 19.7 Å². The molecule has 1 aromatic heterocycles. The molecule has 1 amide bonds. The van der Waals surface area contributed by atoms with Crippen LogP contribution in [0.1, 0.15) is 24.0 Å². The predicted molar refractivity (Wildman–Crippen MR) is 93.2 cm³/mol. The first-order valence-electron chi connectivity index (χ1n) is 8.20. The molecular weight excluding hydrogens is 368 g/mol. The van der Waals surface area contributed by atoms with Crippen LogP contribution in [0.4, 0.5) is 8.78 Å². The van der Waals surface area contributed by atoms with E-state index in [0.29, 0.717) is 16.5 Å². The van der Waals surface area contributed by atoms with Gasteiger partial charge in [-0.3, -0.25) is 4.79 Å². The second-order valence-corrected chi connectivity index (χ2v) is 6.85. The number of rotatable bonds is 3. The summed E-state index contributed by atoms with van der Waals surface area (Å²) in [5, 5.41) is 0.955. The normalized spacial score (nSPS) is 16.7. The summed E-state index contributed by atoms with van der Waals surface area (Å²) in [5.41, 5.74) is 1.12. The Morgan fingerprint density at radius 1 is 1.27 bits per heavy atom. The lowest BCUT2D eigenvalue weighted by atomic mass is 10.1. The lowest BCUT2D eigenvalue weighted by Crippen LogP contribution is -2.44. The molecule has 1 saturated heterocycles. The van der Waals surface area contributed by atoms with Gasteiger partial charge in [-0.15, -0.1) is 0 Å². The van der Waals surface area contributed by atoms with Crippen molar-refractivity contribution in [1.29, 1.82) is 0 Å². The number of ether oxygens (including phenoxy) is 1. The molecule has 0 bridgehead atoms. The highest BCUT2D eigenvalue weighted by molar-refractivity contribution is 6.32. The smallest absolute Gasteiger partial charge is 0.339 e. The topological polar surface area (TPSA) is 59.8 Å². The minimum atomic E-state index is -2.72. The van der Waals surface area contributed by atoms with Gasteiger partial charge in [-0.25, -0.2) is 13.6 Å². The number of hydrogen-bond acceptors (Lipinski definition) is 4. The first kappa shape index (κ1) is 18.6. The monoisotopic (exact) mass is 385 g/mol. The molecule has 140 valence electrons. The molecule has 1 aliphatic heterocycles. The Labute approximate surface area is 153 Å². The third-order valence-corrected chi connectivity index (χ3v) is 5.00. The summed E-state index contributed by atoms with van der Waals surface area (Å²) in [6, 6.07) is 3.08. The quantitative estimate of drug-likeness (QED) is 0.756. The summed E-state index contributed by atoms with van der Waals surface area (Å²) in [4.78, 5) is 25.3. The van der Waals surface area contributed by atoms with E-state index in [1.165, 1.54) is 11.0 Å². The van der Waals surface area contributed by atoms with E-state index in [-0.39, 0.29) is 43.3 Å². The summed E-state index contributed by atoms with van der Waals surface area (Å²) >= 11 is 6.21. The fourth-order valence-corrected chi connectivity index (χ4v) is 3.09. The Morgan fingerprint density at radius 3 is 2.58 bits per heavy atom. The highest BCUT2D eigenvalue weighted by Gasteiger charge is 2.35. The fourth-order valence-electron chi connectivity index (χ4n) is 2.87. The van der Waals surface area contributed by atoms with Crippen LogP contribution in [-0.4, -0.2) is 36.4 Å². The van der Waals surface area contributed by atoms with Gasteiger partial charge in [0.1, 0.15) is 11.3 Å². The molecule has 26 heavy (non-hydrogen) atoms. The zero-order chi connectivity index (χ0) is 19.1. The molecule has 0 spiro atoms. The molecular formula is C18H18ClF2NO4. The van der Waals surface area contributed by atoms with Gasteiger partial charge in [0.15, 0.2) is 6.61 Å². The maximum Gasteiger partial charge on any atom is 0.339 e. The van der Waals surface area contributed by atoms with Crippen LogP contribution >= 0.6 is 11.6 Å². The summed E-state index contributed by atoms with van der Waals surface area (Å²) in [7, 11) is 0. The number of carbonyl (C=O) groups excluding carboxylic acids is 1. The number of carbonyl (C=O) groups is 1. The Morgan fingerprint density at radius 2 is 1.92 bits per heavy atom. The van der Waals surface area contributed by atoms with E-state index in [2.05, 4.69) is 0 Å². The van der Waals surface area contributed by atoms with Crippen molar-refractivity contribution in [3.05, 3.63) is 38.7 Å². The minimum Gasteiger partial charge on any atom is -0.482 e. The van der Waals surface area contributed by atoms with Crippen molar-refractivity contribution in [3.8, 4) is 5.75 Å². The molecule has 3 rings (SSSR count). The van der Waals surface area contributed by atoms with Crippen molar-refractivity contribution in [1.82, 2.24) is 4.90 Å². The van der Waals surface area contributed by atoms with Crippen LogP contribution in [-0.2, 0) is 4.79 Å². The average Bonchev–Trinajstić information content (AvgIpc) is 2.59. The van der Waals surface area contributed by atoms with E-state index in [1.807, 2.05) is 0 Å². The van der Waals surface area contributed by atoms with Gasteiger partial charge in [-0.05, 0) is 25.5 Å². The van der Waals surface area contributed by atoms with Gasteiger partial charge in [-0.2, -0.15) is 0 Å². The first-order chi connectivity index (χ1) is 12.2. The number of halogens is 3. The summed E-state index contributed by atoms with van der Waals surface area (Å²) in [5.74, 6) is -2.91. The van der Waals surface area contributed by atoms with Gasteiger partial charge >= 0.3 is 5.63 Å². The number of amides is 1. The van der Waals surface area contributed by atoms with Crippen molar-refractivity contribution < 1.29 is 22.7 Å². The van der Waals surface area contributed by atoms with Gasteiger partial charge in [-0.1, -0.05) is 11.6 Å². The third kappa shape index (κ3) is 3.67. The average molecular weight is 386 g/mol. The van der Waals surface area contributed by atoms with E-state index in [1.54, 1.807) is 19.9 Å². The molecule has 0 N–H and O–H groups in total. The van der Waals surface area contributed by atoms with Crippen LogP contribution in [0.25, 0.3) is 11.0 Å². The minimum absolute atomic E-state index is 0.00596. The molecule has 1 fully saturated rings. The lowest BCUT2D eigenvalue weighted by Gasteiger charge is -2.31. The van der Waals surface area contributed by atoms with Crippen LogP contribution in [0.2, 0.25) is 5.02 Å². The Bertz CT molecular complexity index is 916. The molecule has 1 aromatic carbocycles. The maximum absolute atomic E-state index is 13.2. The molecule has 0 radical (unpaired) electrons. The van der Waals surface area contributed by atoms with Crippen LogP contribution in [0.15, 0.2) is 21.3 Å². The molecule has 5 nitrogen and oxygen atoms in total. The van der Waals surface area contributed by atoms with E-state index in [9.17, 15) is 18.4 Å². The fraction of sp³-hybridized carbons (Fsp3) is 0.444. The number of hydrogen-bond donors (Lipinski definition) is 0. The maximum atomic E-state index is 13.2. The van der Waals surface area contributed by atoms with Gasteiger partial charge in [0.05, 0.1) is 5.02 Å². The third-order valence-electron chi connectivity index (χ3n) is 4.71. The number of piperidine rings is 1. The van der Waals surface area contributed by atoms with Crippen LogP contribution in [0, 0.1) is 13.8 Å². The molecule has 0 aliphatic carbocycles. The van der Waals surface area contributed by atoms with E-state index in [4.69, 9.17) is 20.8 Å². The second-order valence-electron chi connectivity index (χ2n) is 6.44. The Kier molecular flexibility index (Phi) is 4.92. The Hall–Kier alpha value is -2.15. The van der Waals surface area contributed by atoms with Gasteiger partial charge < -0.3 is 14.1 Å². The van der Waals surface area contributed by atoms with Crippen molar-refractivity contribution >= 4 is 28.5 Å². The van der Waals surface area contributed by atoms with E-state index >= 15 is 0 Å². The summed E-state index contributed by atoms with van der Waals surface area (Å²) in [6.45, 7) is 3.12. The van der Waals surface area contributed by atoms with Gasteiger partial charge in [0, 0.05) is 42.9 Å². The highest BCUT2D eigenvalue weighted by Crippen LogP contribution is 2.32. The number of fused-ring (bicyclic) bond motifs is 1. The molecule has 2 aromatic rings. The predicted octanol–water partition coefficient (Wildman–Crippen LogP) is 3.70. The number of aryl methyl sites for hydroxylation is 1.